The summed E-state index contributed by atoms with van der Waals surface area (Å²) in [4.78, 5) is 11.4. The van der Waals surface area contributed by atoms with Crippen molar-refractivity contribution in [2.45, 2.75) is 104 Å². The predicted octanol–water partition coefficient (Wildman–Crippen LogP) is 6.59. The molecule has 0 aliphatic rings. The summed E-state index contributed by atoms with van der Waals surface area (Å²) in [7, 11) is 0. The van der Waals surface area contributed by atoms with Crippen LogP contribution in [0.4, 0.5) is 0 Å². The molecule has 0 heterocycles. The third-order valence-electron chi connectivity index (χ3n) is 3.90. The SMILES string of the molecule is CCCCCC/C=C\CCCCCCCC(=O)OCCCC. The molecule has 0 fully saturated rings. The molecule has 0 unspecified atom stereocenters. The molecule has 2 nitrogen and oxygen atoms in total. The Hall–Kier alpha value is -0.790. The van der Waals surface area contributed by atoms with Gasteiger partial charge in [-0.2, -0.15) is 0 Å². The fraction of sp³-hybridized carbons (Fsp3) is 0.850. The van der Waals surface area contributed by atoms with E-state index < -0.39 is 0 Å². The molecule has 0 aromatic rings. The van der Waals surface area contributed by atoms with Gasteiger partial charge in [0.2, 0.25) is 0 Å². The van der Waals surface area contributed by atoms with E-state index in [0.717, 1.165) is 25.7 Å². The largest absolute Gasteiger partial charge is 0.466 e. The highest BCUT2D eigenvalue weighted by atomic mass is 16.5. The van der Waals surface area contributed by atoms with E-state index in [1.54, 1.807) is 0 Å². The number of carbonyl (C=O) groups is 1. The third kappa shape index (κ3) is 17.3. The van der Waals surface area contributed by atoms with Gasteiger partial charge >= 0.3 is 5.97 Å². The van der Waals surface area contributed by atoms with E-state index in [0.29, 0.717) is 13.0 Å². The van der Waals surface area contributed by atoms with Crippen molar-refractivity contribution in [2.24, 2.45) is 0 Å². The van der Waals surface area contributed by atoms with Crippen LogP contribution in [0.1, 0.15) is 104 Å². The minimum atomic E-state index is -0.0144. The van der Waals surface area contributed by atoms with Gasteiger partial charge in [0.25, 0.3) is 0 Å². The van der Waals surface area contributed by atoms with Crippen LogP contribution in [-0.2, 0) is 9.53 Å². The molecular weight excluding hydrogens is 272 g/mol. The van der Waals surface area contributed by atoms with Gasteiger partial charge in [0.1, 0.15) is 0 Å². The molecule has 0 saturated heterocycles. The lowest BCUT2D eigenvalue weighted by Gasteiger charge is -2.03. The van der Waals surface area contributed by atoms with Gasteiger partial charge in [-0.15, -0.1) is 0 Å². The van der Waals surface area contributed by atoms with Crippen molar-refractivity contribution in [1.82, 2.24) is 0 Å². The normalized spacial score (nSPS) is 11.2. The molecule has 0 N–H and O–H groups in total. The Labute approximate surface area is 138 Å². The van der Waals surface area contributed by atoms with E-state index in [9.17, 15) is 4.79 Å². The molecule has 0 aromatic carbocycles. The number of unbranched alkanes of at least 4 members (excludes halogenated alkanes) is 10. The van der Waals surface area contributed by atoms with Gasteiger partial charge in [-0.1, -0.05) is 70.9 Å². The first-order chi connectivity index (χ1) is 10.8. The maximum absolute atomic E-state index is 11.4. The Balaban J connectivity index is 3.16. The summed E-state index contributed by atoms with van der Waals surface area (Å²) in [6.07, 6.45) is 21.2. The molecule has 0 saturated carbocycles. The Morgan fingerprint density at radius 2 is 1.27 bits per heavy atom. The van der Waals surface area contributed by atoms with Crippen molar-refractivity contribution >= 4 is 5.97 Å². The fourth-order valence-electron chi connectivity index (χ4n) is 2.39. The lowest BCUT2D eigenvalue weighted by atomic mass is 10.1. The highest BCUT2D eigenvalue weighted by Crippen LogP contribution is 2.09. The predicted molar refractivity (Wildman–Crippen MR) is 96.1 cm³/mol. The number of carbonyl (C=O) groups excluding carboxylic acids is 1. The van der Waals surface area contributed by atoms with Gasteiger partial charge in [-0.3, -0.25) is 4.79 Å². The number of rotatable bonds is 16. The van der Waals surface area contributed by atoms with Crippen molar-refractivity contribution in [2.75, 3.05) is 6.61 Å². The minimum absolute atomic E-state index is 0.0144. The monoisotopic (exact) mass is 310 g/mol. The maximum Gasteiger partial charge on any atom is 0.305 e. The van der Waals surface area contributed by atoms with Crippen LogP contribution in [0.2, 0.25) is 0 Å². The van der Waals surface area contributed by atoms with Crippen LogP contribution in [0.25, 0.3) is 0 Å². The Morgan fingerprint density at radius 3 is 1.91 bits per heavy atom. The zero-order valence-electron chi connectivity index (χ0n) is 15.1. The van der Waals surface area contributed by atoms with Crippen LogP contribution in [0.5, 0.6) is 0 Å². The first kappa shape index (κ1) is 21.2. The first-order valence-electron chi connectivity index (χ1n) is 9.61. The van der Waals surface area contributed by atoms with Crippen molar-refractivity contribution in [1.29, 1.82) is 0 Å². The number of hydrogen-bond acceptors (Lipinski definition) is 2. The standard InChI is InChI=1S/C20H38O2/c1-3-5-7-8-9-10-11-12-13-14-15-16-17-18-20(21)22-19-6-4-2/h10-11H,3-9,12-19H2,1-2H3/b11-10-. The molecule has 22 heavy (non-hydrogen) atoms. The quantitative estimate of drug-likeness (QED) is 0.183. The van der Waals surface area contributed by atoms with E-state index in [1.165, 1.54) is 57.8 Å². The molecule has 0 aromatic heterocycles. The lowest BCUT2D eigenvalue weighted by molar-refractivity contribution is -0.143. The number of esters is 1. The second-order valence-electron chi connectivity index (χ2n) is 6.20. The van der Waals surface area contributed by atoms with Crippen LogP contribution in [0.3, 0.4) is 0 Å². The molecule has 130 valence electrons. The molecule has 0 radical (unpaired) electrons. The molecule has 0 bridgehead atoms. The van der Waals surface area contributed by atoms with Gasteiger partial charge < -0.3 is 4.74 Å². The van der Waals surface area contributed by atoms with Crippen LogP contribution < -0.4 is 0 Å². The average molecular weight is 311 g/mol. The topological polar surface area (TPSA) is 26.3 Å². The van der Waals surface area contributed by atoms with E-state index in [2.05, 4.69) is 26.0 Å². The molecule has 0 atom stereocenters. The summed E-state index contributed by atoms with van der Waals surface area (Å²) in [6, 6.07) is 0. The molecule has 0 rings (SSSR count). The molecule has 0 aliphatic heterocycles. The van der Waals surface area contributed by atoms with Crippen LogP contribution in [0.15, 0.2) is 12.2 Å². The molecule has 0 aliphatic carbocycles. The molecule has 0 amide bonds. The van der Waals surface area contributed by atoms with Crippen LogP contribution in [0, 0.1) is 0 Å². The highest BCUT2D eigenvalue weighted by molar-refractivity contribution is 5.69. The maximum atomic E-state index is 11.4. The fourth-order valence-corrected chi connectivity index (χ4v) is 2.39. The summed E-state index contributed by atoms with van der Waals surface area (Å²) in [6.45, 7) is 4.96. The van der Waals surface area contributed by atoms with E-state index in [-0.39, 0.29) is 5.97 Å². The second kappa shape index (κ2) is 18.3. The third-order valence-corrected chi connectivity index (χ3v) is 3.90. The summed E-state index contributed by atoms with van der Waals surface area (Å²) in [5.41, 5.74) is 0. The van der Waals surface area contributed by atoms with Gasteiger partial charge in [-0.25, -0.2) is 0 Å². The average Bonchev–Trinajstić information content (AvgIpc) is 2.52. The number of ether oxygens (including phenoxy) is 1. The number of allylic oxidation sites excluding steroid dienone is 2. The van der Waals surface area contributed by atoms with Crippen molar-refractivity contribution < 1.29 is 9.53 Å². The summed E-state index contributed by atoms with van der Waals surface area (Å²) < 4.78 is 5.14. The number of hydrogen-bond donors (Lipinski definition) is 0. The Morgan fingerprint density at radius 1 is 0.727 bits per heavy atom. The van der Waals surface area contributed by atoms with E-state index >= 15 is 0 Å². The summed E-state index contributed by atoms with van der Waals surface area (Å²) in [5.74, 6) is -0.0144. The van der Waals surface area contributed by atoms with Crippen molar-refractivity contribution in [3.8, 4) is 0 Å². The Kier molecular flexibility index (Phi) is 17.6. The van der Waals surface area contributed by atoms with Gasteiger partial charge in [0, 0.05) is 6.42 Å². The summed E-state index contributed by atoms with van der Waals surface area (Å²) in [5, 5.41) is 0. The molecule has 0 spiro atoms. The Bertz CT molecular complexity index is 258. The van der Waals surface area contributed by atoms with Crippen LogP contribution in [-0.4, -0.2) is 12.6 Å². The van der Waals surface area contributed by atoms with E-state index in [4.69, 9.17) is 4.74 Å². The minimum Gasteiger partial charge on any atom is -0.466 e. The van der Waals surface area contributed by atoms with Crippen molar-refractivity contribution in [3.05, 3.63) is 12.2 Å². The van der Waals surface area contributed by atoms with Crippen LogP contribution >= 0.6 is 0 Å². The lowest BCUT2D eigenvalue weighted by Crippen LogP contribution is -2.05. The van der Waals surface area contributed by atoms with Crippen molar-refractivity contribution in [3.63, 3.8) is 0 Å². The highest BCUT2D eigenvalue weighted by Gasteiger charge is 2.01. The summed E-state index contributed by atoms with van der Waals surface area (Å²) >= 11 is 0. The van der Waals surface area contributed by atoms with Gasteiger partial charge in [-0.05, 0) is 38.5 Å². The van der Waals surface area contributed by atoms with Gasteiger partial charge in [0.15, 0.2) is 0 Å². The first-order valence-corrected chi connectivity index (χ1v) is 9.61. The molecular formula is C20H38O2. The smallest absolute Gasteiger partial charge is 0.305 e. The van der Waals surface area contributed by atoms with E-state index in [1.807, 2.05) is 0 Å². The van der Waals surface area contributed by atoms with Gasteiger partial charge in [0.05, 0.1) is 6.61 Å². The molecule has 2 heteroatoms. The zero-order chi connectivity index (χ0) is 16.3. The zero-order valence-corrected chi connectivity index (χ0v) is 15.1. The second-order valence-corrected chi connectivity index (χ2v) is 6.20.